The minimum atomic E-state index is -0.286. The molecule has 2 atom stereocenters. The summed E-state index contributed by atoms with van der Waals surface area (Å²) in [5.74, 6) is 1.11. The Morgan fingerprint density at radius 1 is 1.24 bits per heavy atom. The van der Waals surface area contributed by atoms with Gasteiger partial charge in [-0.3, -0.25) is 0 Å². The fourth-order valence-corrected chi connectivity index (χ4v) is 3.61. The van der Waals surface area contributed by atoms with Crippen LogP contribution in [0.4, 0.5) is 10.3 Å². The lowest BCUT2D eigenvalue weighted by Gasteiger charge is -2.35. The second kappa shape index (κ2) is 5.26. The van der Waals surface area contributed by atoms with Gasteiger partial charge in [-0.2, -0.15) is 4.98 Å². The molecule has 2 aromatic heterocycles. The first kappa shape index (κ1) is 13.0. The van der Waals surface area contributed by atoms with E-state index in [1.165, 1.54) is 42.5 Å². The predicted molar refractivity (Wildman–Crippen MR) is 78.9 cm³/mol. The van der Waals surface area contributed by atoms with Crippen molar-refractivity contribution in [3.05, 3.63) is 24.1 Å². The largest absolute Gasteiger partial charge is 0.339 e. The van der Waals surface area contributed by atoms with Gasteiger partial charge in [-0.15, -0.1) is 5.10 Å². The van der Waals surface area contributed by atoms with Crippen LogP contribution in [0.5, 0.6) is 0 Å². The van der Waals surface area contributed by atoms with Crippen molar-refractivity contribution in [1.29, 1.82) is 0 Å². The molecule has 0 aliphatic carbocycles. The topological polar surface area (TPSA) is 45.5 Å². The number of fused-ring (bicyclic) bond motifs is 1. The predicted octanol–water partition coefficient (Wildman–Crippen LogP) is 1.84. The van der Waals surface area contributed by atoms with Gasteiger partial charge in [0.15, 0.2) is 5.65 Å². The lowest BCUT2D eigenvalue weighted by Crippen LogP contribution is -2.44. The molecular formula is C15H20FN5. The number of pyridine rings is 1. The summed E-state index contributed by atoms with van der Waals surface area (Å²) < 4.78 is 14.8. The Labute approximate surface area is 123 Å². The van der Waals surface area contributed by atoms with Gasteiger partial charge in [0.2, 0.25) is 5.95 Å². The molecular weight excluding hydrogens is 269 g/mol. The van der Waals surface area contributed by atoms with Crippen LogP contribution < -0.4 is 10.2 Å². The van der Waals surface area contributed by atoms with Gasteiger partial charge in [-0.25, -0.2) is 8.91 Å². The van der Waals surface area contributed by atoms with Crippen LogP contribution >= 0.6 is 0 Å². The second-order valence-electron chi connectivity index (χ2n) is 6.11. The van der Waals surface area contributed by atoms with Crippen molar-refractivity contribution >= 4 is 11.6 Å². The average molecular weight is 289 g/mol. The van der Waals surface area contributed by atoms with E-state index in [0.717, 1.165) is 25.6 Å². The third-order valence-electron chi connectivity index (χ3n) is 4.69. The third kappa shape index (κ3) is 2.48. The van der Waals surface area contributed by atoms with Crippen LogP contribution in [0.15, 0.2) is 18.3 Å². The highest BCUT2D eigenvalue weighted by molar-refractivity contribution is 5.44. The summed E-state index contributed by atoms with van der Waals surface area (Å²) in [6.07, 6.45) is 6.39. The van der Waals surface area contributed by atoms with Crippen LogP contribution in [0.25, 0.3) is 5.65 Å². The summed E-state index contributed by atoms with van der Waals surface area (Å²) >= 11 is 0. The number of aromatic nitrogens is 3. The zero-order valence-corrected chi connectivity index (χ0v) is 12.0. The molecule has 2 aliphatic heterocycles. The molecule has 2 aliphatic rings. The van der Waals surface area contributed by atoms with Crippen LogP contribution in [0.2, 0.25) is 0 Å². The van der Waals surface area contributed by atoms with E-state index in [-0.39, 0.29) is 5.82 Å². The van der Waals surface area contributed by atoms with E-state index in [9.17, 15) is 4.39 Å². The minimum absolute atomic E-state index is 0.286. The molecule has 0 radical (unpaired) electrons. The minimum Gasteiger partial charge on any atom is -0.339 e. The lowest BCUT2D eigenvalue weighted by molar-refractivity contribution is 0.327. The fourth-order valence-electron chi connectivity index (χ4n) is 3.61. The van der Waals surface area contributed by atoms with Crippen LogP contribution in [-0.4, -0.2) is 40.3 Å². The average Bonchev–Trinajstić information content (AvgIpc) is 3.16. The maximum Gasteiger partial charge on any atom is 0.245 e. The number of rotatable bonds is 2. The van der Waals surface area contributed by atoms with Crippen molar-refractivity contribution in [2.24, 2.45) is 5.92 Å². The summed E-state index contributed by atoms with van der Waals surface area (Å²) in [6.45, 7) is 3.13. The zero-order chi connectivity index (χ0) is 14.2. The van der Waals surface area contributed by atoms with Crippen molar-refractivity contribution in [3.8, 4) is 0 Å². The van der Waals surface area contributed by atoms with Crippen molar-refractivity contribution in [2.75, 3.05) is 24.5 Å². The van der Waals surface area contributed by atoms with Crippen molar-refractivity contribution in [3.63, 3.8) is 0 Å². The maximum absolute atomic E-state index is 13.2. The molecule has 21 heavy (non-hydrogen) atoms. The summed E-state index contributed by atoms with van der Waals surface area (Å²) in [4.78, 5) is 6.78. The number of nitrogens with zero attached hydrogens (tertiary/aromatic N) is 4. The van der Waals surface area contributed by atoms with Crippen LogP contribution in [-0.2, 0) is 0 Å². The molecule has 2 fully saturated rings. The third-order valence-corrected chi connectivity index (χ3v) is 4.69. The molecule has 0 amide bonds. The molecule has 1 N–H and O–H groups in total. The smallest absolute Gasteiger partial charge is 0.245 e. The Balaban J connectivity index is 1.56. The highest BCUT2D eigenvalue weighted by atomic mass is 19.1. The molecule has 2 unspecified atom stereocenters. The monoisotopic (exact) mass is 289 g/mol. The van der Waals surface area contributed by atoms with Crippen molar-refractivity contribution in [1.82, 2.24) is 19.9 Å². The highest BCUT2D eigenvalue weighted by Crippen LogP contribution is 2.26. The Kier molecular flexibility index (Phi) is 3.25. The van der Waals surface area contributed by atoms with Gasteiger partial charge in [0, 0.05) is 19.1 Å². The number of halogens is 1. The fraction of sp³-hybridized carbons (Fsp3) is 0.600. The van der Waals surface area contributed by atoms with E-state index in [0.29, 0.717) is 17.6 Å². The number of piperidine rings is 1. The molecule has 2 aromatic rings. The van der Waals surface area contributed by atoms with Gasteiger partial charge in [-0.1, -0.05) is 0 Å². The molecule has 5 nitrogen and oxygen atoms in total. The van der Waals surface area contributed by atoms with E-state index in [1.807, 2.05) is 0 Å². The normalized spacial score (nSPS) is 26.6. The molecule has 112 valence electrons. The Morgan fingerprint density at radius 2 is 2.19 bits per heavy atom. The Bertz CT molecular complexity index is 634. The Morgan fingerprint density at radius 3 is 3.05 bits per heavy atom. The van der Waals surface area contributed by atoms with Gasteiger partial charge in [-0.05, 0) is 50.3 Å². The zero-order valence-electron chi connectivity index (χ0n) is 12.0. The van der Waals surface area contributed by atoms with Crippen molar-refractivity contribution < 1.29 is 4.39 Å². The highest BCUT2D eigenvalue weighted by Gasteiger charge is 2.30. The van der Waals surface area contributed by atoms with E-state index in [4.69, 9.17) is 0 Å². The summed E-state index contributed by atoms with van der Waals surface area (Å²) in [5.41, 5.74) is 0.701. The van der Waals surface area contributed by atoms with E-state index in [2.05, 4.69) is 20.3 Å². The van der Waals surface area contributed by atoms with E-state index < -0.39 is 0 Å². The first-order chi connectivity index (χ1) is 10.3. The van der Waals surface area contributed by atoms with Gasteiger partial charge >= 0.3 is 0 Å². The summed E-state index contributed by atoms with van der Waals surface area (Å²) in [5, 5.41) is 8.04. The molecule has 0 spiro atoms. The number of hydrogen-bond donors (Lipinski definition) is 1. The molecule has 6 heteroatoms. The summed E-state index contributed by atoms with van der Waals surface area (Å²) in [6, 6.07) is 3.74. The second-order valence-corrected chi connectivity index (χ2v) is 6.11. The van der Waals surface area contributed by atoms with Gasteiger partial charge in [0.1, 0.15) is 5.82 Å². The summed E-state index contributed by atoms with van der Waals surface area (Å²) in [7, 11) is 0. The molecule has 0 saturated carbocycles. The number of nitrogens with one attached hydrogen (secondary N) is 1. The van der Waals surface area contributed by atoms with E-state index >= 15 is 0 Å². The van der Waals surface area contributed by atoms with Crippen molar-refractivity contribution in [2.45, 2.75) is 31.7 Å². The molecule has 2 saturated heterocycles. The molecule has 4 rings (SSSR count). The van der Waals surface area contributed by atoms with Gasteiger partial charge in [0.25, 0.3) is 0 Å². The SMILES string of the molecule is Fc1ccc2nc(N3CCCC(C4CCCN4)C3)nn2c1. The lowest BCUT2D eigenvalue weighted by atomic mass is 9.90. The first-order valence-corrected chi connectivity index (χ1v) is 7.80. The maximum atomic E-state index is 13.2. The first-order valence-electron chi connectivity index (χ1n) is 7.80. The Hall–Kier alpha value is -1.69. The van der Waals surface area contributed by atoms with Crippen LogP contribution in [0.3, 0.4) is 0 Å². The molecule has 4 heterocycles. The van der Waals surface area contributed by atoms with Crippen LogP contribution in [0.1, 0.15) is 25.7 Å². The van der Waals surface area contributed by atoms with Gasteiger partial charge < -0.3 is 10.2 Å². The van der Waals surface area contributed by atoms with Gasteiger partial charge in [0.05, 0.1) is 6.20 Å². The number of anilines is 1. The molecule has 0 aromatic carbocycles. The van der Waals surface area contributed by atoms with Crippen LogP contribution in [0, 0.1) is 11.7 Å². The number of hydrogen-bond acceptors (Lipinski definition) is 4. The quantitative estimate of drug-likeness (QED) is 0.916. The molecule has 0 bridgehead atoms. The van der Waals surface area contributed by atoms with E-state index in [1.54, 1.807) is 6.07 Å². The standard InChI is InChI=1S/C15H20FN5/c16-12-5-6-14-18-15(19-21(14)10-12)20-8-2-3-11(9-20)13-4-1-7-17-13/h5-6,10-11,13,17H,1-4,7-9H2.